The minimum absolute atomic E-state index is 0.0316. The van der Waals surface area contributed by atoms with Crippen LogP contribution in [0.1, 0.15) is 0 Å². The number of ether oxygens (including phenoxy) is 1. The van der Waals surface area contributed by atoms with Crippen molar-refractivity contribution in [1.82, 2.24) is 4.98 Å². The third kappa shape index (κ3) is 3.16. The Morgan fingerprint density at radius 3 is 2.45 bits per heavy atom. The van der Waals surface area contributed by atoms with Crippen LogP contribution in [0, 0.1) is 11.6 Å². The maximum absolute atomic E-state index is 13.7. The van der Waals surface area contributed by atoms with E-state index in [-0.39, 0.29) is 11.6 Å². The summed E-state index contributed by atoms with van der Waals surface area (Å²) in [5, 5.41) is 5.34. The molecule has 7 heteroatoms. The number of halogens is 3. The van der Waals surface area contributed by atoms with Gasteiger partial charge in [-0.1, -0.05) is 15.9 Å². The molecule has 0 saturated carbocycles. The van der Waals surface area contributed by atoms with Crippen LogP contribution in [0.4, 0.5) is 26.1 Å². The molecule has 0 aliphatic rings. The van der Waals surface area contributed by atoms with Crippen LogP contribution in [0.5, 0.6) is 5.75 Å². The summed E-state index contributed by atoms with van der Waals surface area (Å²) in [4.78, 5) is 3.84. The van der Waals surface area contributed by atoms with Gasteiger partial charge in [-0.05, 0) is 12.1 Å². The SMILES string of the molecule is CNc1nc(Nc2cc(Br)cc(OC)c2)c(F)cc1F. The molecule has 20 heavy (non-hydrogen) atoms. The van der Waals surface area contributed by atoms with E-state index in [2.05, 4.69) is 31.5 Å². The topological polar surface area (TPSA) is 46.2 Å². The maximum atomic E-state index is 13.7. The van der Waals surface area contributed by atoms with E-state index in [9.17, 15) is 8.78 Å². The van der Waals surface area contributed by atoms with Crippen molar-refractivity contribution in [2.24, 2.45) is 0 Å². The van der Waals surface area contributed by atoms with Gasteiger partial charge in [0, 0.05) is 29.3 Å². The second-order valence-electron chi connectivity index (χ2n) is 3.90. The molecule has 0 saturated heterocycles. The average Bonchev–Trinajstić information content (AvgIpc) is 2.41. The molecule has 2 N–H and O–H groups in total. The number of hydrogen-bond donors (Lipinski definition) is 2. The minimum atomic E-state index is -0.777. The van der Waals surface area contributed by atoms with E-state index in [0.29, 0.717) is 11.4 Å². The molecule has 2 rings (SSSR count). The molecule has 106 valence electrons. The van der Waals surface area contributed by atoms with Crippen LogP contribution in [-0.2, 0) is 0 Å². The molecule has 1 aromatic carbocycles. The molecule has 0 radical (unpaired) electrons. The summed E-state index contributed by atoms with van der Waals surface area (Å²) in [6.07, 6.45) is 0. The lowest BCUT2D eigenvalue weighted by atomic mass is 10.3. The van der Waals surface area contributed by atoms with Gasteiger partial charge in [-0.2, -0.15) is 0 Å². The van der Waals surface area contributed by atoms with E-state index in [4.69, 9.17) is 4.74 Å². The summed E-state index contributed by atoms with van der Waals surface area (Å²) < 4.78 is 32.9. The second-order valence-corrected chi connectivity index (χ2v) is 4.82. The van der Waals surface area contributed by atoms with Gasteiger partial charge in [-0.15, -0.1) is 0 Å². The molecule has 1 aromatic heterocycles. The first-order chi connectivity index (χ1) is 9.53. The Labute approximate surface area is 123 Å². The summed E-state index contributed by atoms with van der Waals surface area (Å²) in [6.45, 7) is 0. The summed E-state index contributed by atoms with van der Waals surface area (Å²) in [6, 6.07) is 5.94. The van der Waals surface area contributed by atoms with Crippen molar-refractivity contribution in [1.29, 1.82) is 0 Å². The van der Waals surface area contributed by atoms with Crippen molar-refractivity contribution in [3.05, 3.63) is 40.4 Å². The van der Waals surface area contributed by atoms with Crippen molar-refractivity contribution < 1.29 is 13.5 Å². The zero-order valence-electron chi connectivity index (χ0n) is 10.8. The fourth-order valence-electron chi connectivity index (χ4n) is 1.62. The van der Waals surface area contributed by atoms with Crippen LogP contribution in [0.2, 0.25) is 0 Å². The molecule has 0 amide bonds. The number of benzene rings is 1. The Balaban J connectivity index is 2.36. The van der Waals surface area contributed by atoms with Crippen LogP contribution in [0.15, 0.2) is 28.7 Å². The van der Waals surface area contributed by atoms with E-state index < -0.39 is 11.6 Å². The number of nitrogens with one attached hydrogen (secondary N) is 2. The Kier molecular flexibility index (Phi) is 4.39. The fourth-order valence-corrected chi connectivity index (χ4v) is 2.09. The molecule has 0 unspecified atom stereocenters. The lowest BCUT2D eigenvalue weighted by Gasteiger charge is -2.11. The highest BCUT2D eigenvalue weighted by Crippen LogP contribution is 2.28. The zero-order valence-corrected chi connectivity index (χ0v) is 12.4. The molecule has 2 aromatic rings. The lowest BCUT2D eigenvalue weighted by molar-refractivity contribution is 0.415. The number of methoxy groups -OCH3 is 1. The van der Waals surface area contributed by atoms with Crippen molar-refractivity contribution in [3.8, 4) is 5.75 Å². The highest BCUT2D eigenvalue weighted by molar-refractivity contribution is 9.10. The van der Waals surface area contributed by atoms with Crippen LogP contribution in [0.25, 0.3) is 0 Å². The largest absolute Gasteiger partial charge is 0.497 e. The Morgan fingerprint density at radius 2 is 1.80 bits per heavy atom. The van der Waals surface area contributed by atoms with E-state index >= 15 is 0 Å². The number of aromatic nitrogens is 1. The number of anilines is 3. The van der Waals surface area contributed by atoms with Crippen molar-refractivity contribution in [2.75, 3.05) is 24.8 Å². The van der Waals surface area contributed by atoms with Crippen molar-refractivity contribution in [2.45, 2.75) is 0 Å². The van der Waals surface area contributed by atoms with Crippen LogP contribution >= 0.6 is 15.9 Å². The van der Waals surface area contributed by atoms with Crippen LogP contribution in [-0.4, -0.2) is 19.1 Å². The van der Waals surface area contributed by atoms with Gasteiger partial charge in [0.15, 0.2) is 23.3 Å². The highest BCUT2D eigenvalue weighted by Gasteiger charge is 2.11. The van der Waals surface area contributed by atoms with Crippen LogP contribution < -0.4 is 15.4 Å². The molecule has 0 aliphatic carbocycles. The molecular weight excluding hydrogens is 332 g/mol. The number of hydrogen-bond acceptors (Lipinski definition) is 4. The third-order valence-corrected chi connectivity index (χ3v) is 2.99. The summed E-state index contributed by atoms with van der Waals surface area (Å²) in [5.41, 5.74) is 0.566. The first-order valence-electron chi connectivity index (χ1n) is 5.69. The van der Waals surface area contributed by atoms with Gasteiger partial charge in [-0.25, -0.2) is 13.8 Å². The monoisotopic (exact) mass is 343 g/mol. The maximum Gasteiger partial charge on any atom is 0.169 e. The van der Waals surface area contributed by atoms with Crippen LogP contribution in [0.3, 0.4) is 0 Å². The molecule has 4 nitrogen and oxygen atoms in total. The predicted octanol–water partition coefficient (Wildman–Crippen LogP) is 3.92. The molecule has 0 aliphatic heterocycles. The first kappa shape index (κ1) is 14.5. The molecule has 0 spiro atoms. The Bertz CT molecular complexity index is 637. The minimum Gasteiger partial charge on any atom is -0.497 e. The Hall–Kier alpha value is -1.89. The normalized spacial score (nSPS) is 10.2. The van der Waals surface area contributed by atoms with Gasteiger partial charge in [-0.3, -0.25) is 0 Å². The molecule has 1 heterocycles. The Morgan fingerprint density at radius 1 is 1.10 bits per heavy atom. The number of nitrogens with zero attached hydrogens (tertiary/aromatic N) is 1. The predicted molar refractivity (Wildman–Crippen MR) is 77.7 cm³/mol. The van der Waals surface area contributed by atoms with E-state index in [0.717, 1.165) is 10.5 Å². The van der Waals surface area contributed by atoms with Crippen molar-refractivity contribution in [3.63, 3.8) is 0 Å². The van der Waals surface area contributed by atoms with Crippen molar-refractivity contribution >= 4 is 33.3 Å². The standard InChI is InChI=1S/C13H12BrF2N3O/c1-17-12-10(15)6-11(16)13(19-12)18-8-3-7(14)4-9(5-8)20-2/h3-6H,1-2H3,(H2,17,18,19). The number of rotatable bonds is 4. The third-order valence-electron chi connectivity index (χ3n) is 2.54. The molecule has 0 bridgehead atoms. The van der Waals surface area contributed by atoms with Gasteiger partial charge in [0.1, 0.15) is 5.75 Å². The van der Waals surface area contributed by atoms with E-state index in [1.165, 1.54) is 14.2 Å². The summed E-state index contributed by atoms with van der Waals surface area (Å²) in [5.74, 6) is -1.03. The smallest absolute Gasteiger partial charge is 0.169 e. The highest BCUT2D eigenvalue weighted by atomic mass is 79.9. The second kappa shape index (κ2) is 6.04. The van der Waals surface area contributed by atoms with Gasteiger partial charge < -0.3 is 15.4 Å². The summed E-state index contributed by atoms with van der Waals surface area (Å²) >= 11 is 3.32. The van der Waals surface area contributed by atoms with Gasteiger partial charge >= 0.3 is 0 Å². The van der Waals surface area contributed by atoms with E-state index in [1.807, 2.05) is 0 Å². The molecule has 0 fully saturated rings. The lowest BCUT2D eigenvalue weighted by Crippen LogP contribution is -2.03. The van der Waals surface area contributed by atoms with Gasteiger partial charge in [0.25, 0.3) is 0 Å². The van der Waals surface area contributed by atoms with E-state index in [1.54, 1.807) is 18.2 Å². The zero-order chi connectivity index (χ0) is 14.7. The molecule has 0 atom stereocenters. The molecular formula is C13H12BrF2N3O. The average molecular weight is 344 g/mol. The quantitative estimate of drug-likeness (QED) is 0.883. The fraction of sp³-hybridized carbons (Fsp3) is 0.154. The number of pyridine rings is 1. The van der Waals surface area contributed by atoms with Gasteiger partial charge in [0.2, 0.25) is 0 Å². The van der Waals surface area contributed by atoms with Gasteiger partial charge in [0.05, 0.1) is 7.11 Å². The first-order valence-corrected chi connectivity index (χ1v) is 6.48. The summed E-state index contributed by atoms with van der Waals surface area (Å²) in [7, 11) is 3.04.